The van der Waals surface area contributed by atoms with Crippen molar-refractivity contribution in [1.82, 2.24) is 15.3 Å². The third-order valence-corrected chi connectivity index (χ3v) is 3.45. The van der Waals surface area contributed by atoms with Crippen LogP contribution in [-0.2, 0) is 0 Å². The van der Waals surface area contributed by atoms with Gasteiger partial charge in [0.1, 0.15) is 0 Å². The van der Waals surface area contributed by atoms with E-state index in [0.717, 1.165) is 21.9 Å². The second-order valence-electron chi connectivity index (χ2n) is 3.54. The highest BCUT2D eigenvalue weighted by molar-refractivity contribution is 7.99. The quantitative estimate of drug-likeness (QED) is 0.685. The fourth-order valence-electron chi connectivity index (χ4n) is 1.40. The van der Waals surface area contributed by atoms with E-state index < -0.39 is 0 Å². The van der Waals surface area contributed by atoms with Crippen molar-refractivity contribution in [1.29, 1.82) is 0 Å². The van der Waals surface area contributed by atoms with Crippen molar-refractivity contribution in [2.24, 2.45) is 0 Å². The molecule has 0 spiro atoms. The number of nitrogens with zero attached hydrogens (tertiary/aromatic N) is 1. The summed E-state index contributed by atoms with van der Waals surface area (Å²) in [5, 5.41) is 13.0. The summed E-state index contributed by atoms with van der Waals surface area (Å²) in [6.07, 6.45) is 0. The zero-order valence-electron chi connectivity index (χ0n) is 9.10. The zero-order chi connectivity index (χ0) is 11.4. The maximum Gasteiger partial charge on any atom is 0.166 e. The van der Waals surface area contributed by atoms with E-state index in [9.17, 15) is 0 Å². The van der Waals surface area contributed by atoms with Gasteiger partial charge in [-0.1, -0.05) is 23.9 Å². The smallest absolute Gasteiger partial charge is 0.166 e. The minimum atomic E-state index is 0.109. The summed E-state index contributed by atoms with van der Waals surface area (Å²) >= 11 is 1.61. The first-order chi connectivity index (χ1) is 7.83. The summed E-state index contributed by atoms with van der Waals surface area (Å²) in [5.74, 6) is 0.798. The van der Waals surface area contributed by atoms with E-state index in [0.29, 0.717) is 0 Å². The number of aliphatic hydroxyl groups excluding tert-OH is 1. The molecule has 3 N–H and O–H groups in total. The third-order valence-electron chi connectivity index (χ3n) is 2.42. The van der Waals surface area contributed by atoms with Crippen LogP contribution < -0.4 is 5.32 Å². The molecule has 0 aliphatic heterocycles. The van der Waals surface area contributed by atoms with Gasteiger partial charge in [0.25, 0.3) is 0 Å². The van der Waals surface area contributed by atoms with Gasteiger partial charge in [0.15, 0.2) is 5.16 Å². The normalized spacial score (nSPS) is 13.1. The Balaban J connectivity index is 2.04. The molecule has 0 fully saturated rings. The Morgan fingerprint density at radius 2 is 2.31 bits per heavy atom. The van der Waals surface area contributed by atoms with Gasteiger partial charge in [-0.05, 0) is 19.2 Å². The third kappa shape index (κ3) is 2.55. The van der Waals surface area contributed by atoms with Crippen molar-refractivity contribution in [2.45, 2.75) is 11.2 Å². The minimum absolute atomic E-state index is 0.109. The average Bonchev–Trinajstić information content (AvgIpc) is 2.73. The van der Waals surface area contributed by atoms with Gasteiger partial charge in [-0.3, -0.25) is 0 Å². The number of thioether (sulfide) groups is 1. The lowest BCUT2D eigenvalue weighted by atomic mass is 10.3. The maximum atomic E-state index is 9.04. The predicted molar refractivity (Wildman–Crippen MR) is 66.8 cm³/mol. The van der Waals surface area contributed by atoms with E-state index in [1.807, 2.05) is 31.3 Å². The molecular weight excluding hydrogens is 222 g/mol. The van der Waals surface area contributed by atoms with Crippen molar-refractivity contribution >= 4 is 22.8 Å². The van der Waals surface area contributed by atoms with Gasteiger partial charge in [-0.25, -0.2) is 4.98 Å². The van der Waals surface area contributed by atoms with Crippen LogP contribution in [0.15, 0.2) is 29.4 Å². The number of benzene rings is 1. The fraction of sp³-hybridized carbons (Fsp3) is 0.364. The Labute approximate surface area is 98.5 Å². The molecule has 0 saturated carbocycles. The Bertz CT molecular complexity index is 420. The van der Waals surface area contributed by atoms with E-state index in [2.05, 4.69) is 15.3 Å². The van der Waals surface area contributed by atoms with Gasteiger partial charge < -0.3 is 15.4 Å². The second kappa shape index (κ2) is 5.34. The largest absolute Gasteiger partial charge is 0.395 e. The van der Waals surface area contributed by atoms with Crippen molar-refractivity contribution in [3.63, 3.8) is 0 Å². The van der Waals surface area contributed by atoms with E-state index in [1.165, 1.54) is 0 Å². The molecule has 4 nitrogen and oxygen atoms in total. The number of aliphatic hydroxyl groups is 1. The van der Waals surface area contributed by atoms with E-state index in [4.69, 9.17) is 5.11 Å². The van der Waals surface area contributed by atoms with E-state index in [1.54, 1.807) is 11.8 Å². The van der Waals surface area contributed by atoms with Crippen molar-refractivity contribution in [3.05, 3.63) is 24.3 Å². The number of likely N-dealkylation sites (N-methyl/N-ethyl adjacent to an activating group) is 1. The van der Waals surface area contributed by atoms with Crippen LogP contribution in [0.5, 0.6) is 0 Å². The highest BCUT2D eigenvalue weighted by atomic mass is 32.2. The molecule has 0 amide bonds. The molecule has 16 heavy (non-hydrogen) atoms. The Morgan fingerprint density at radius 1 is 1.50 bits per heavy atom. The average molecular weight is 237 g/mol. The van der Waals surface area contributed by atoms with Crippen LogP contribution in [0.4, 0.5) is 0 Å². The molecule has 86 valence electrons. The monoisotopic (exact) mass is 237 g/mol. The number of aromatic nitrogens is 2. The first kappa shape index (κ1) is 11.4. The van der Waals surface area contributed by atoms with Crippen molar-refractivity contribution in [2.75, 3.05) is 19.4 Å². The molecule has 0 saturated heterocycles. The van der Waals surface area contributed by atoms with Gasteiger partial charge in [0.05, 0.1) is 17.6 Å². The molecule has 0 aliphatic rings. The lowest BCUT2D eigenvalue weighted by Crippen LogP contribution is -2.31. The Hall–Kier alpha value is -1.04. The van der Waals surface area contributed by atoms with Crippen LogP contribution in [0.25, 0.3) is 11.0 Å². The van der Waals surface area contributed by atoms with Gasteiger partial charge in [0.2, 0.25) is 0 Å². The molecule has 1 atom stereocenters. The summed E-state index contributed by atoms with van der Waals surface area (Å²) < 4.78 is 0. The van der Waals surface area contributed by atoms with Crippen LogP contribution in [-0.4, -0.2) is 40.5 Å². The first-order valence-corrected chi connectivity index (χ1v) is 6.17. The van der Waals surface area contributed by atoms with Crippen LogP contribution in [0.1, 0.15) is 0 Å². The summed E-state index contributed by atoms with van der Waals surface area (Å²) in [5.41, 5.74) is 2.03. The van der Waals surface area contributed by atoms with Gasteiger partial charge in [0, 0.05) is 11.8 Å². The molecule has 0 radical (unpaired) electrons. The molecule has 1 aromatic heterocycles. The number of hydrogen-bond donors (Lipinski definition) is 3. The predicted octanol–water partition coefficient (Wildman–Crippen LogP) is 1.24. The topological polar surface area (TPSA) is 60.9 Å². The van der Waals surface area contributed by atoms with Crippen molar-refractivity contribution in [3.8, 4) is 0 Å². The van der Waals surface area contributed by atoms with Crippen LogP contribution in [0.2, 0.25) is 0 Å². The Morgan fingerprint density at radius 3 is 3.00 bits per heavy atom. The van der Waals surface area contributed by atoms with Gasteiger partial charge in [-0.15, -0.1) is 0 Å². The zero-order valence-corrected chi connectivity index (χ0v) is 9.92. The summed E-state index contributed by atoms with van der Waals surface area (Å²) in [6, 6.07) is 8.06. The van der Waals surface area contributed by atoms with Crippen LogP contribution >= 0.6 is 11.8 Å². The summed E-state index contributed by atoms with van der Waals surface area (Å²) in [6.45, 7) is 0.143. The highest BCUT2D eigenvalue weighted by Crippen LogP contribution is 2.19. The van der Waals surface area contributed by atoms with E-state index in [-0.39, 0.29) is 12.6 Å². The molecule has 0 bridgehead atoms. The number of fused-ring (bicyclic) bond motifs is 1. The number of H-pyrrole nitrogens is 1. The molecule has 1 unspecified atom stereocenters. The standard InChI is InChI=1S/C11H15N3OS/c1-12-8(6-15)7-16-11-13-9-4-2-3-5-10(9)14-11/h2-5,8,12,15H,6-7H2,1H3,(H,13,14). The number of rotatable bonds is 5. The van der Waals surface area contributed by atoms with Gasteiger partial charge >= 0.3 is 0 Å². The van der Waals surface area contributed by atoms with Crippen LogP contribution in [0.3, 0.4) is 0 Å². The molecular formula is C11H15N3OS. The number of nitrogens with one attached hydrogen (secondary N) is 2. The van der Waals surface area contributed by atoms with E-state index >= 15 is 0 Å². The summed E-state index contributed by atoms with van der Waals surface area (Å²) in [7, 11) is 1.85. The Kier molecular flexibility index (Phi) is 3.82. The maximum absolute atomic E-state index is 9.04. The van der Waals surface area contributed by atoms with Crippen LogP contribution in [0, 0.1) is 0 Å². The first-order valence-electron chi connectivity index (χ1n) is 5.19. The van der Waals surface area contributed by atoms with Gasteiger partial charge in [-0.2, -0.15) is 0 Å². The lowest BCUT2D eigenvalue weighted by molar-refractivity contribution is 0.260. The minimum Gasteiger partial charge on any atom is -0.395 e. The number of imidazole rings is 1. The fourth-order valence-corrected chi connectivity index (χ4v) is 2.38. The number of para-hydroxylation sites is 2. The molecule has 2 rings (SSSR count). The molecule has 1 heterocycles. The summed E-state index contributed by atoms with van der Waals surface area (Å²) in [4.78, 5) is 7.69. The number of hydrogen-bond acceptors (Lipinski definition) is 4. The second-order valence-corrected chi connectivity index (χ2v) is 4.55. The highest BCUT2D eigenvalue weighted by Gasteiger charge is 2.07. The lowest BCUT2D eigenvalue weighted by Gasteiger charge is -2.10. The molecule has 5 heteroatoms. The molecule has 1 aromatic carbocycles. The molecule has 2 aromatic rings. The molecule has 0 aliphatic carbocycles. The number of aromatic amines is 1. The SMILES string of the molecule is CNC(CO)CSc1nc2ccccc2[nH]1. The van der Waals surface area contributed by atoms with Crippen molar-refractivity contribution < 1.29 is 5.11 Å².